The Morgan fingerprint density at radius 3 is 1.93 bits per heavy atom. The summed E-state index contributed by atoms with van der Waals surface area (Å²) in [5.74, 6) is 0. The first kappa shape index (κ1) is 15.1. The molecule has 0 rings (SSSR count). The van der Waals surface area contributed by atoms with Crippen molar-refractivity contribution in [3.63, 3.8) is 0 Å². The lowest BCUT2D eigenvalue weighted by Gasteiger charge is -2.36. The first-order valence-electron chi connectivity index (χ1n) is 5.94. The second-order valence-electron chi connectivity index (χ2n) is 5.66. The van der Waals surface area contributed by atoms with Gasteiger partial charge in [-0.1, -0.05) is 20.8 Å². The highest BCUT2D eigenvalue weighted by Crippen LogP contribution is 2.36. The fourth-order valence-corrected chi connectivity index (χ4v) is 2.16. The van der Waals surface area contributed by atoms with Gasteiger partial charge in [0.25, 0.3) is 0 Å². The minimum atomic E-state index is -1.50. The number of rotatable bonds is 7. The zero-order chi connectivity index (χ0) is 11.9. The van der Waals surface area contributed by atoms with Crippen molar-refractivity contribution in [3.05, 3.63) is 0 Å². The lowest BCUT2D eigenvalue weighted by Crippen LogP contribution is -2.40. The summed E-state index contributed by atoms with van der Waals surface area (Å²) < 4.78 is 11.1. The van der Waals surface area contributed by atoms with Gasteiger partial charge in [0, 0.05) is 20.3 Å². The zero-order valence-electron chi connectivity index (χ0n) is 11.4. The van der Waals surface area contributed by atoms with Gasteiger partial charge in [0.1, 0.15) is 0 Å². The molecule has 15 heavy (non-hydrogen) atoms. The van der Waals surface area contributed by atoms with Gasteiger partial charge >= 0.3 is 0 Å². The molecule has 2 nitrogen and oxygen atoms in total. The van der Waals surface area contributed by atoms with E-state index < -0.39 is 8.32 Å². The number of methoxy groups -OCH3 is 1. The molecule has 0 heterocycles. The van der Waals surface area contributed by atoms with Crippen LogP contribution >= 0.6 is 0 Å². The van der Waals surface area contributed by atoms with Gasteiger partial charge in [0.15, 0.2) is 8.32 Å². The smallest absolute Gasteiger partial charge is 0.191 e. The molecule has 92 valence electrons. The molecule has 0 aromatic carbocycles. The zero-order valence-corrected chi connectivity index (χ0v) is 12.4. The second-order valence-corrected chi connectivity index (χ2v) is 10.5. The summed E-state index contributed by atoms with van der Waals surface area (Å²) in [4.78, 5) is 0. The fourth-order valence-electron chi connectivity index (χ4n) is 1.07. The molecule has 3 heteroatoms. The maximum Gasteiger partial charge on any atom is 0.191 e. The Balaban J connectivity index is 3.58. The van der Waals surface area contributed by atoms with E-state index in [9.17, 15) is 0 Å². The van der Waals surface area contributed by atoms with Crippen molar-refractivity contribution < 1.29 is 9.16 Å². The Bertz CT molecular complexity index is 161. The molecular formula is C12H28O2Si. The van der Waals surface area contributed by atoms with Crippen molar-refractivity contribution in [2.75, 3.05) is 20.3 Å². The summed E-state index contributed by atoms with van der Waals surface area (Å²) >= 11 is 0. The summed E-state index contributed by atoms with van der Waals surface area (Å²) in [5.41, 5.74) is 0. The van der Waals surface area contributed by atoms with E-state index in [0.29, 0.717) is 5.04 Å². The molecule has 0 N–H and O–H groups in total. The molecular weight excluding hydrogens is 204 g/mol. The molecule has 0 unspecified atom stereocenters. The molecule has 0 aliphatic rings. The van der Waals surface area contributed by atoms with Crippen molar-refractivity contribution >= 4 is 8.32 Å². The lowest BCUT2D eigenvalue weighted by atomic mass is 10.2. The van der Waals surface area contributed by atoms with Crippen LogP contribution in [-0.2, 0) is 9.16 Å². The number of ether oxygens (including phenoxy) is 1. The van der Waals surface area contributed by atoms with Crippen molar-refractivity contribution in [2.24, 2.45) is 0 Å². The van der Waals surface area contributed by atoms with Crippen molar-refractivity contribution in [1.82, 2.24) is 0 Å². The van der Waals surface area contributed by atoms with Crippen LogP contribution in [0.25, 0.3) is 0 Å². The molecule has 0 aromatic rings. The van der Waals surface area contributed by atoms with Crippen LogP contribution in [0.5, 0.6) is 0 Å². The molecule has 0 saturated carbocycles. The Kier molecular flexibility index (Phi) is 6.72. The summed E-state index contributed by atoms with van der Waals surface area (Å²) in [5, 5.41) is 0.333. The fraction of sp³-hybridized carbons (Fsp3) is 1.00. The molecule has 0 amide bonds. The minimum Gasteiger partial charge on any atom is -0.417 e. The quantitative estimate of drug-likeness (QED) is 0.491. The van der Waals surface area contributed by atoms with Crippen LogP contribution in [0, 0.1) is 0 Å². The van der Waals surface area contributed by atoms with E-state index >= 15 is 0 Å². The van der Waals surface area contributed by atoms with E-state index in [-0.39, 0.29) is 0 Å². The van der Waals surface area contributed by atoms with E-state index in [1.165, 1.54) is 6.42 Å². The molecule has 0 bridgehead atoms. The first-order valence-corrected chi connectivity index (χ1v) is 8.85. The third kappa shape index (κ3) is 6.33. The maximum absolute atomic E-state index is 6.07. The largest absolute Gasteiger partial charge is 0.417 e. The lowest BCUT2D eigenvalue weighted by molar-refractivity contribution is 0.188. The monoisotopic (exact) mass is 232 g/mol. The van der Waals surface area contributed by atoms with E-state index in [0.717, 1.165) is 26.1 Å². The third-order valence-electron chi connectivity index (χ3n) is 3.26. The van der Waals surface area contributed by atoms with Crippen LogP contribution in [0.15, 0.2) is 0 Å². The highest BCUT2D eigenvalue weighted by Gasteiger charge is 2.36. The minimum absolute atomic E-state index is 0.333. The third-order valence-corrected chi connectivity index (χ3v) is 7.80. The van der Waals surface area contributed by atoms with Gasteiger partial charge in [-0.2, -0.15) is 0 Å². The first-order chi connectivity index (χ1) is 6.81. The SMILES string of the molecule is COCCCCCO[Si](C)(C)C(C)(C)C. The van der Waals surface area contributed by atoms with E-state index in [1.807, 2.05) is 0 Å². The van der Waals surface area contributed by atoms with Gasteiger partial charge < -0.3 is 9.16 Å². The molecule has 0 aliphatic heterocycles. The molecule has 0 fully saturated rings. The van der Waals surface area contributed by atoms with Gasteiger partial charge in [-0.25, -0.2) is 0 Å². The molecule has 0 aliphatic carbocycles. The van der Waals surface area contributed by atoms with Crippen molar-refractivity contribution in [3.8, 4) is 0 Å². The Morgan fingerprint density at radius 2 is 1.47 bits per heavy atom. The highest BCUT2D eigenvalue weighted by molar-refractivity contribution is 6.74. The summed E-state index contributed by atoms with van der Waals surface area (Å²) in [6.07, 6.45) is 3.52. The topological polar surface area (TPSA) is 18.5 Å². The van der Waals surface area contributed by atoms with Gasteiger partial charge in [-0.05, 0) is 37.4 Å². The van der Waals surface area contributed by atoms with Crippen LogP contribution < -0.4 is 0 Å². The predicted octanol–water partition coefficient (Wildman–Crippen LogP) is 3.82. The van der Waals surface area contributed by atoms with E-state index in [1.54, 1.807) is 7.11 Å². The summed E-state index contributed by atoms with van der Waals surface area (Å²) in [7, 11) is 0.251. The molecule has 0 radical (unpaired) electrons. The standard InChI is InChI=1S/C12H28O2Si/c1-12(2,3)15(5,6)14-11-9-7-8-10-13-4/h7-11H2,1-6H3. The predicted molar refractivity (Wildman–Crippen MR) is 68.9 cm³/mol. The van der Waals surface area contributed by atoms with E-state index in [2.05, 4.69) is 33.9 Å². The summed E-state index contributed by atoms with van der Waals surface area (Å²) in [6, 6.07) is 0. The molecule has 0 saturated heterocycles. The van der Waals surface area contributed by atoms with Crippen LogP contribution in [0.3, 0.4) is 0 Å². The van der Waals surface area contributed by atoms with Gasteiger partial charge in [-0.3, -0.25) is 0 Å². The Labute approximate surface area is 96.5 Å². The Morgan fingerprint density at radius 1 is 0.933 bits per heavy atom. The van der Waals surface area contributed by atoms with Gasteiger partial charge in [-0.15, -0.1) is 0 Å². The van der Waals surface area contributed by atoms with Crippen LogP contribution in [0.4, 0.5) is 0 Å². The van der Waals surface area contributed by atoms with Gasteiger partial charge in [0.2, 0.25) is 0 Å². The van der Waals surface area contributed by atoms with Gasteiger partial charge in [0.05, 0.1) is 0 Å². The van der Waals surface area contributed by atoms with Crippen LogP contribution in [-0.4, -0.2) is 28.6 Å². The van der Waals surface area contributed by atoms with Crippen molar-refractivity contribution in [1.29, 1.82) is 0 Å². The molecule has 0 spiro atoms. The second kappa shape index (κ2) is 6.66. The summed E-state index contributed by atoms with van der Waals surface area (Å²) in [6.45, 7) is 13.3. The average Bonchev–Trinajstić information content (AvgIpc) is 2.09. The van der Waals surface area contributed by atoms with Crippen molar-refractivity contribution in [2.45, 2.75) is 58.2 Å². The number of unbranched alkanes of at least 4 members (excludes halogenated alkanes) is 2. The molecule has 0 atom stereocenters. The number of hydrogen-bond acceptors (Lipinski definition) is 2. The number of hydrogen-bond donors (Lipinski definition) is 0. The van der Waals surface area contributed by atoms with E-state index in [4.69, 9.17) is 9.16 Å². The maximum atomic E-state index is 6.07. The highest BCUT2D eigenvalue weighted by atomic mass is 28.4. The Hall–Kier alpha value is 0.137. The normalized spacial score (nSPS) is 13.2. The van der Waals surface area contributed by atoms with Crippen LogP contribution in [0.1, 0.15) is 40.0 Å². The average molecular weight is 232 g/mol. The van der Waals surface area contributed by atoms with Crippen LogP contribution in [0.2, 0.25) is 18.1 Å². The molecule has 0 aromatic heterocycles.